The molecule has 0 bridgehead atoms. The Hall–Kier alpha value is -2.29. The molecular weight excluding hydrogens is 650 g/mol. The number of nitrogens with zero attached hydrogens (tertiary/aromatic N) is 3. The standard InChI is InChI=1S/C28H24Br3N3O2/c29-21-12-13-25-23(14-21)28(35)34(27(33-25)18-6-2-1-3-7-18)32-16-19-8-4-5-9-26(19)36-17-20-10-11-22(30)15-24(20)31/h4-5,8-16,18H,1-3,6-7,17H2. The maximum Gasteiger partial charge on any atom is 0.282 e. The van der Waals surface area contributed by atoms with Gasteiger partial charge in [0.15, 0.2) is 0 Å². The van der Waals surface area contributed by atoms with Crippen LogP contribution in [0.25, 0.3) is 10.9 Å². The third-order valence-electron chi connectivity index (χ3n) is 6.43. The topological polar surface area (TPSA) is 56.5 Å². The van der Waals surface area contributed by atoms with Crippen molar-refractivity contribution >= 4 is 64.9 Å². The lowest BCUT2D eigenvalue weighted by atomic mass is 9.88. The molecule has 8 heteroatoms. The highest BCUT2D eigenvalue weighted by molar-refractivity contribution is 9.11. The first-order valence-corrected chi connectivity index (χ1v) is 14.3. The van der Waals surface area contributed by atoms with Crippen LogP contribution in [0.2, 0.25) is 0 Å². The Labute approximate surface area is 235 Å². The third-order valence-corrected chi connectivity index (χ3v) is 8.16. The number of rotatable bonds is 6. The summed E-state index contributed by atoms with van der Waals surface area (Å²) in [6, 6.07) is 19.3. The molecule has 0 atom stereocenters. The fraction of sp³-hybridized carbons (Fsp3) is 0.250. The van der Waals surface area contributed by atoms with Crippen LogP contribution < -0.4 is 10.3 Å². The second-order valence-corrected chi connectivity index (χ2v) is 11.6. The Kier molecular flexibility index (Phi) is 8.03. The summed E-state index contributed by atoms with van der Waals surface area (Å²) in [6.45, 7) is 0.400. The van der Waals surface area contributed by atoms with Gasteiger partial charge in [-0.25, -0.2) is 4.98 Å². The minimum atomic E-state index is -0.157. The molecule has 0 saturated heterocycles. The molecule has 36 heavy (non-hydrogen) atoms. The van der Waals surface area contributed by atoms with Gasteiger partial charge in [-0.05, 0) is 55.3 Å². The second kappa shape index (κ2) is 11.4. The van der Waals surface area contributed by atoms with E-state index in [1.165, 1.54) is 11.1 Å². The summed E-state index contributed by atoms with van der Waals surface area (Å²) in [5.74, 6) is 1.65. The summed E-state index contributed by atoms with van der Waals surface area (Å²) in [4.78, 5) is 18.5. The molecule has 3 aromatic carbocycles. The van der Waals surface area contributed by atoms with Gasteiger partial charge in [0.05, 0.1) is 17.1 Å². The van der Waals surface area contributed by atoms with Gasteiger partial charge < -0.3 is 4.74 Å². The fourth-order valence-electron chi connectivity index (χ4n) is 4.54. The molecule has 1 aliphatic rings. The SMILES string of the molecule is O=c1c2cc(Br)ccc2nc(C2CCCCC2)n1N=Cc1ccccc1OCc1ccc(Br)cc1Br. The average molecular weight is 674 g/mol. The van der Waals surface area contributed by atoms with Gasteiger partial charge in [0.1, 0.15) is 18.2 Å². The summed E-state index contributed by atoms with van der Waals surface area (Å²) in [7, 11) is 0. The van der Waals surface area contributed by atoms with Crippen molar-refractivity contribution in [1.29, 1.82) is 0 Å². The minimum absolute atomic E-state index is 0.157. The maximum absolute atomic E-state index is 13.6. The second-order valence-electron chi connectivity index (χ2n) is 8.89. The van der Waals surface area contributed by atoms with Crippen LogP contribution in [0.5, 0.6) is 5.75 Å². The molecular formula is C28H24Br3N3O2. The number of hydrogen-bond acceptors (Lipinski definition) is 4. The Morgan fingerprint density at radius 2 is 1.72 bits per heavy atom. The van der Waals surface area contributed by atoms with E-state index < -0.39 is 0 Å². The highest BCUT2D eigenvalue weighted by atomic mass is 79.9. The van der Waals surface area contributed by atoms with Gasteiger partial charge in [-0.15, -0.1) is 0 Å². The highest BCUT2D eigenvalue weighted by Gasteiger charge is 2.22. The molecule has 0 unspecified atom stereocenters. The molecule has 0 amide bonds. The van der Waals surface area contributed by atoms with Gasteiger partial charge in [-0.3, -0.25) is 4.79 Å². The Bertz CT molecular complexity index is 1490. The molecule has 1 aliphatic carbocycles. The van der Waals surface area contributed by atoms with E-state index in [1.54, 1.807) is 6.21 Å². The zero-order valence-electron chi connectivity index (χ0n) is 19.5. The number of fused-ring (bicyclic) bond motifs is 1. The average Bonchev–Trinajstić information content (AvgIpc) is 2.89. The molecule has 0 spiro atoms. The van der Waals surface area contributed by atoms with Crippen molar-refractivity contribution in [3.63, 3.8) is 0 Å². The molecule has 1 aromatic heterocycles. The Balaban J connectivity index is 1.51. The molecule has 184 valence electrons. The van der Waals surface area contributed by atoms with E-state index in [-0.39, 0.29) is 11.5 Å². The van der Waals surface area contributed by atoms with Crippen LogP contribution in [-0.2, 0) is 6.61 Å². The van der Waals surface area contributed by atoms with Gasteiger partial charge >= 0.3 is 0 Å². The van der Waals surface area contributed by atoms with Crippen molar-refractivity contribution in [2.45, 2.75) is 44.6 Å². The van der Waals surface area contributed by atoms with Crippen molar-refractivity contribution in [3.8, 4) is 5.75 Å². The molecule has 0 aliphatic heterocycles. The Morgan fingerprint density at radius 3 is 2.53 bits per heavy atom. The number of benzene rings is 3. The molecule has 0 N–H and O–H groups in total. The minimum Gasteiger partial charge on any atom is -0.488 e. The van der Waals surface area contributed by atoms with Crippen LogP contribution >= 0.6 is 47.8 Å². The van der Waals surface area contributed by atoms with E-state index in [0.717, 1.165) is 56.1 Å². The van der Waals surface area contributed by atoms with Gasteiger partial charge in [0.25, 0.3) is 5.56 Å². The van der Waals surface area contributed by atoms with Gasteiger partial charge in [0.2, 0.25) is 0 Å². The van der Waals surface area contributed by atoms with Gasteiger partial charge in [-0.2, -0.15) is 9.78 Å². The number of hydrogen-bond donors (Lipinski definition) is 0. The zero-order valence-corrected chi connectivity index (χ0v) is 24.2. The maximum atomic E-state index is 13.6. The van der Waals surface area contributed by atoms with Gasteiger partial charge in [-0.1, -0.05) is 85.3 Å². The van der Waals surface area contributed by atoms with E-state index in [9.17, 15) is 4.79 Å². The first kappa shape index (κ1) is 25.4. The van der Waals surface area contributed by atoms with E-state index in [4.69, 9.17) is 9.72 Å². The fourth-order valence-corrected chi connectivity index (χ4v) is 6.06. The number of ether oxygens (including phenoxy) is 1. The van der Waals surface area contributed by atoms with Crippen molar-refractivity contribution in [3.05, 3.63) is 101 Å². The predicted molar refractivity (Wildman–Crippen MR) is 155 cm³/mol. The first-order valence-electron chi connectivity index (χ1n) is 11.9. The lowest BCUT2D eigenvalue weighted by molar-refractivity contribution is 0.305. The first-order chi connectivity index (χ1) is 17.5. The van der Waals surface area contributed by atoms with Crippen LogP contribution in [0.3, 0.4) is 0 Å². The summed E-state index contributed by atoms with van der Waals surface area (Å²) >= 11 is 10.6. The molecule has 1 heterocycles. The van der Waals surface area contributed by atoms with Crippen molar-refractivity contribution < 1.29 is 4.74 Å². The monoisotopic (exact) mass is 671 g/mol. The molecule has 1 fully saturated rings. The lowest BCUT2D eigenvalue weighted by Gasteiger charge is -2.22. The van der Waals surface area contributed by atoms with E-state index >= 15 is 0 Å². The number of halogens is 3. The zero-order chi connectivity index (χ0) is 25.1. The molecule has 5 rings (SSSR count). The Morgan fingerprint density at radius 1 is 0.972 bits per heavy atom. The smallest absolute Gasteiger partial charge is 0.282 e. The van der Waals surface area contributed by atoms with Gasteiger partial charge in [0, 0.05) is 30.5 Å². The highest BCUT2D eigenvalue weighted by Crippen LogP contribution is 2.32. The van der Waals surface area contributed by atoms with Crippen LogP contribution in [0.4, 0.5) is 0 Å². The molecule has 1 saturated carbocycles. The quantitative estimate of drug-likeness (QED) is 0.194. The summed E-state index contributed by atoms with van der Waals surface area (Å²) < 4.78 is 10.5. The number of para-hydroxylation sites is 1. The van der Waals surface area contributed by atoms with Crippen LogP contribution in [-0.4, -0.2) is 15.9 Å². The van der Waals surface area contributed by atoms with Crippen LogP contribution in [0.1, 0.15) is 55.0 Å². The third kappa shape index (κ3) is 5.66. The molecule has 4 aromatic rings. The van der Waals surface area contributed by atoms with Crippen molar-refractivity contribution in [1.82, 2.24) is 9.66 Å². The van der Waals surface area contributed by atoms with E-state index in [0.29, 0.717) is 23.3 Å². The normalized spacial score (nSPS) is 14.5. The summed E-state index contributed by atoms with van der Waals surface area (Å²) in [5.41, 5.74) is 2.38. The van der Waals surface area contributed by atoms with Crippen molar-refractivity contribution in [2.24, 2.45) is 5.10 Å². The summed E-state index contributed by atoms with van der Waals surface area (Å²) in [5, 5.41) is 5.23. The molecule has 5 nitrogen and oxygen atoms in total. The van der Waals surface area contributed by atoms with Crippen LogP contribution in [0.15, 0.2) is 84.0 Å². The van der Waals surface area contributed by atoms with E-state index in [2.05, 4.69) is 52.9 Å². The number of aromatic nitrogens is 2. The van der Waals surface area contributed by atoms with Crippen LogP contribution in [0, 0.1) is 0 Å². The summed E-state index contributed by atoms with van der Waals surface area (Å²) in [6.07, 6.45) is 7.25. The predicted octanol–water partition coefficient (Wildman–Crippen LogP) is 8.19. The molecule has 0 radical (unpaired) electrons. The van der Waals surface area contributed by atoms with Crippen molar-refractivity contribution in [2.75, 3.05) is 0 Å². The lowest BCUT2D eigenvalue weighted by Crippen LogP contribution is -2.25. The largest absolute Gasteiger partial charge is 0.488 e. The van der Waals surface area contributed by atoms with E-state index in [1.807, 2.05) is 60.7 Å².